The van der Waals surface area contributed by atoms with Gasteiger partial charge in [-0.3, -0.25) is 4.79 Å². The zero-order valence-corrected chi connectivity index (χ0v) is 10.3. The highest BCUT2D eigenvalue weighted by atomic mass is 16.6. The number of carbonyl (C=O) groups excluding carboxylic acids is 2. The van der Waals surface area contributed by atoms with Crippen LogP contribution in [-0.4, -0.2) is 11.9 Å². The summed E-state index contributed by atoms with van der Waals surface area (Å²) in [6, 6.07) is 15.1. The molecule has 19 heavy (non-hydrogen) atoms. The molecule has 0 unspecified atom stereocenters. The molecule has 0 spiro atoms. The second-order valence-electron chi connectivity index (χ2n) is 3.80. The molecule has 96 valence electrons. The zero-order valence-electron chi connectivity index (χ0n) is 10.3. The minimum absolute atomic E-state index is 0.214. The largest absolute Gasteiger partial charge is 0.423 e. The fourth-order valence-electron chi connectivity index (χ4n) is 1.51. The van der Waals surface area contributed by atoms with Crippen LogP contribution in [0.2, 0.25) is 0 Å². The lowest BCUT2D eigenvalue weighted by molar-refractivity contribution is -0.132. The number of hydrogen-bond acceptors (Lipinski definition) is 4. The molecular weight excluding hydrogens is 244 g/mol. The maximum Gasteiger partial charge on any atom is 0.343 e. The first-order valence-corrected chi connectivity index (χ1v) is 5.71. The standard InChI is InChI=1S/C15H12O4/c1-11(16)18-13-9-5-6-10-14(13)19-15(17)12-7-3-2-4-8-12/h2-10H,1H3. The molecule has 0 aliphatic carbocycles. The van der Waals surface area contributed by atoms with Gasteiger partial charge in [0, 0.05) is 6.92 Å². The van der Waals surface area contributed by atoms with E-state index < -0.39 is 11.9 Å². The van der Waals surface area contributed by atoms with Crippen molar-refractivity contribution in [1.82, 2.24) is 0 Å². The van der Waals surface area contributed by atoms with Crippen molar-refractivity contribution in [2.45, 2.75) is 6.92 Å². The molecule has 0 atom stereocenters. The van der Waals surface area contributed by atoms with E-state index in [2.05, 4.69) is 0 Å². The molecule has 2 aromatic carbocycles. The number of para-hydroxylation sites is 2. The van der Waals surface area contributed by atoms with Gasteiger partial charge in [0.15, 0.2) is 11.5 Å². The topological polar surface area (TPSA) is 52.6 Å². The van der Waals surface area contributed by atoms with Gasteiger partial charge in [-0.2, -0.15) is 0 Å². The van der Waals surface area contributed by atoms with Gasteiger partial charge < -0.3 is 9.47 Å². The van der Waals surface area contributed by atoms with E-state index in [1.54, 1.807) is 48.5 Å². The Bertz CT molecular complexity index is 590. The third-order valence-electron chi connectivity index (χ3n) is 2.31. The van der Waals surface area contributed by atoms with Gasteiger partial charge in [-0.1, -0.05) is 30.3 Å². The van der Waals surface area contributed by atoms with E-state index in [0.717, 1.165) is 0 Å². The van der Waals surface area contributed by atoms with Gasteiger partial charge in [-0.05, 0) is 24.3 Å². The Morgan fingerprint density at radius 1 is 0.789 bits per heavy atom. The van der Waals surface area contributed by atoms with Crippen molar-refractivity contribution < 1.29 is 19.1 Å². The van der Waals surface area contributed by atoms with Gasteiger partial charge in [0.2, 0.25) is 0 Å². The molecule has 0 saturated carbocycles. The van der Waals surface area contributed by atoms with Crippen LogP contribution in [-0.2, 0) is 4.79 Å². The molecule has 2 rings (SSSR count). The van der Waals surface area contributed by atoms with E-state index >= 15 is 0 Å². The normalized spacial score (nSPS) is 9.74. The maximum absolute atomic E-state index is 11.9. The molecule has 0 aliphatic heterocycles. The Labute approximate surface area is 110 Å². The molecule has 0 radical (unpaired) electrons. The number of carbonyl (C=O) groups is 2. The van der Waals surface area contributed by atoms with Crippen molar-refractivity contribution in [3.63, 3.8) is 0 Å². The molecule has 0 saturated heterocycles. The molecule has 0 N–H and O–H groups in total. The average Bonchev–Trinajstić information content (AvgIpc) is 2.41. The van der Waals surface area contributed by atoms with Crippen LogP contribution in [0, 0.1) is 0 Å². The van der Waals surface area contributed by atoms with Gasteiger partial charge in [0.05, 0.1) is 5.56 Å². The number of benzene rings is 2. The molecule has 0 aliphatic rings. The summed E-state index contributed by atoms with van der Waals surface area (Å²) >= 11 is 0. The van der Waals surface area contributed by atoms with Gasteiger partial charge in [0.1, 0.15) is 0 Å². The molecule has 0 aromatic heterocycles. The minimum Gasteiger partial charge on any atom is -0.423 e. The van der Waals surface area contributed by atoms with Crippen LogP contribution in [0.3, 0.4) is 0 Å². The second kappa shape index (κ2) is 5.82. The SMILES string of the molecule is CC(=O)Oc1ccccc1OC(=O)c1ccccc1. The Morgan fingerprint density at radius 3 is 1.89 bits per heavy atom. The van der Waals surface area contributed by atoms with Crippen molar-refractivity contribution >= 4 is 11.9 Å². The van der Waals surface area contributed by atoms with E-state index in [9.17, 15) is 9.59 Å². The lowest BCUT2D eigenvalue weighted by Gasteiger charge is -2.09. The highest BCUT2D eigenvalue weighted by Gasteiger charge is 2.12. The summed E-state index contributed by atoms with van der Waals surface area (Å²) in [5.74, 6) is -0.533. The zero-order chi connectivity index (χ0) is 13.7. The number of rotatable bonds is 3. The van der Waals surface area contributed by atoms with E-state index in [-0.39, 0.29) is 11.5 Å². The van der Waals surface area contributed by atoms with Crippen molar-refractivity contribution in [2.24, 2.45) is 0 Å². The Balaban J connectivity index is 2.19. The first-order chi connectivity index (χ1) is 9.16. The average molecular weight is 256 g/mol. The van der Waals surface area contributed by atoms with Crippen LogP contribution >= 0.6 is 0 Å². The predicted molar refractivity (Wildman–Crippen MR) is 69.2 cm³/mol. The van der Waals surface area contributed by atoms with Gasteiger partial charge >= 0.3 is 11.9 Å². The smallest absolute Gasteiger partial charge is 0.343 e. The first kappa shape index (κ1) is 12.8. The molecule has 4 heteroatoms. The van der Waals surface area contributed by atoms with Crippen LogP contribution in [0.5, 0.6) is 11.5 Å². The minimum atomic E-state index is -0.500. The summed E-state index contributed by atoms with van der Waals surface area (Å²) in [4.78, 5) is 22.8. The number of esters is 2. The molecule has 0 heterocycles. The summed E-state index contributed by atoms with van der Waals surface area (Å²) in [5.41, 5.74) is 0.431. The van der Waals surface area contributed by atoms with Crippen molar-refractivity contribution in [1.29, 1.82) is 0 Å². The summed E-state index contributed by atoms with van der Waals surface area (Å²) < 4.78 is 10.2. The Kier molecular flexibility index (Phi) is 3.93. The van der Waals surface area contributed by atoms with Gasteiger partial charge in [-0.25, -0.2) is 4.79 Å². The number of ether oxygens (including phenoxy) is 2. The first-order valence-electron chi connectivity index (χ1n) is 5.71. The van der Waals surface area contributed by atoms with E-state index in [1.807, 2.05) is 6.07 Å². The fourth-order valence-corrected chi connectivity index (χ4v) is 1.51. The van der Waals surface area contributed by atoms with Crippen LogP contribution in [0.4, 0.5) is 0 Å². The van der Waals surface area contributed by atoms with Crippen LogP contribution in [0.15, 0.2) is 54.6 Å². The lowest BCUT2D eigenvalue weighted by Crippen LogP contribution is -2.10. The fraction of sp³-hybridized carbons (Fsp3) is 0.0667. The Hall–Kier alpha value is -2.62. The van der Waals surface area contributed by atoms with Crippen LogP contribution in [0.25, 0.3) is 0 Å². The van der Waals surface area contributed by atoms with Crippen LogP contribution in [0.1, 0.15) is 17.3 Å². The monoisotopic (exact) mass is 256 g/mol. The molecule has 4 nitrogen and oxygen atoms in total. The summed E-state index contributed by atoms with van der Waals surface area (Å²) in [5, 5.41) is 0. The summed E-state index contributed by atoms with van der Waals surface area (Å²) in [7, 11) is 0. The third-order valence-corrected chi connectivity index (χ3v) is 2.31. The quantitative estimate of drug-likeness (QED) is 0.626. The number of hydrogen-bond donors (Lipinski definition) is 0. The predicted octanol–water partition coefficient (Wildman–Crippen LogP) is 2.83. The molecule has 2 aromatic rings. The highest BCUT2D eigenvalue weighted by molar-refractivity contribution is 5.91. The molecule has 0 fully saturated rings. The van der Waals surface area contributed by atoms with Crippen molar-refractivity contribution in [3.8, 4) is 11.5 Å². The molecular formula is C15H12O4. The van der Waals surface area contributed by atoms with Gasteiger partial charge in [-0.15, -0.1) is 0 Å². The molecule has 0 bridgehead atoms. The van der Waals surface area contributed by atoms with E-state index in [1.165, 1.54) is 6.92 Å². The van der Waals surface area contributed by atoms with E-state index in [0.29, 0.717) is 5.56 Å². The molecule has 0 amide bonds. The van der Waals surface area contributed by atoms with Gasteiger partial charge in [0.25, 0.3) is 0 Å². The summed E-state index contributed by atoms with van der Waals surface area (Å²) in [6.45, 7) is 1.29. The second-order valence-corrected chi connectivity index (χ2v) is 3.80. The third kappa shape index (κ3) is 3.42. The van der Waals surface area contributed by atoms with Crippen molar-refractivity contribution in [3.05, 3.63) is 60.2 Å². The maximum atomic E-state index is 11.9. The summed E-state index contributed by atoms with van der Waals surface area (Å²) in [6.07, 6.45) is 0. The lowest BCUT2D eigenvalue weighted by atomic mass is 10.2. The highest BCUT2D eigenvalue weighted by Crippen LogP contribution is 2.27. The Morgan fingerprint density at radius 2 is 1.32 bits per heavy atom. The van der Waals surface area contributed by atoms with Crippen molar-refractivity contribution in [2.75, 3.05) is 0 Å². The van der Waals surface area contributed by atoms with E-state index in [4.69, 9.17) is 9.47 Å². The van der Waals surface area contributed by atoms with Crippen LogP contribution < -0.4 is 9.47 Å².